The minimum Gasteiger partial charge on any atom is -0.309 e. The molecule has 7 aliphatic rings. The molecule has 12 aromatic carbocycles. The van der Waals surface area contributed by atoms with Gasteiger partial charge in [0.2, 0.25) is 0 Å². The van der Waals surface area contributed by atoms with Gasteiger partial charge in [-0.25, -0.2) is 0 Å². The Labute approximate surface area is 400 Å². The highest BCUT2D eigenvalue weighted by atomic mass is 15.2. The lowest BCUT2D eigenvalue weighted by Crippen LogP contribution is -2.24. The molecule has 326 valence electrons. The van der Waals surface area contributed by atoms with E-state index >= 15 is 0 Å². The summed E-state index contributed by atoms with van der Waals surface area (Å²) in [4.78, 5) is 5.22. The second-order valence-electron chi connectivity index (χ2n) is 25.2. The molecule has 0 saturated carbocycles. The zero-order valence-electron chi connectivity index (χ0n) is 40.8. The normalized spacial score (nSPS) is 19.4. The van der Waals surface area contributed by atoms with Crippen LogP contribution < -0.4 is 9.80 Å². The van der Waals surface area contributed by atoms with Crippen LogP contribution in [0.1, 0.15) is 125 Å². The van der Waals surface area contributed by atoms with E-state index in [9.17, 15) is 0 Å². The number of anilines is 6. The number of benzene rings is 12. The molecule has 0 saturated heterocycles. The molecule has 0 unspecified atom stereocenters. The van der Waals surface area contributed by atoms with Crippen molar-refractivity contribution in [2.75, 3.05) is 9.80 Å². The van der Waals surface area contributed by atoms with Gasteiger partial charge in [-0.1, -0.05) is 130 Å². The van der Waals surface area contributed by atoms with E-state index in [1.165, 1.54) is 187 Å². The summed E-state index contributed by atoms with van der Waals surface area (Å²) in [6, 6.07) is 44.4. The van der Waals surface area contributed by atoms with Crippen LogP contribution in [0.5, 0.6) is 0 Å². The number of hydrogen-bond donors (Lipinski definition) is 0. The van der Waals surface area contributed by atoms with Crippen LogP contribution in [0.2, 0.25) is 0 Å². The third-order valence-corrected chi connectivity index (χ3v) is 20.6. The number of rotatable bonds is 2. The van der Waals surface area contributed by atoms with E-state index in [-0.39, 0.29) is 27.1 Å². The predicted molar refractivity (Wildman–Crippen MR) is 291 cm³/mol. The summed E-state index contributed by atoms with van der Waals surface area (Å²) >= 11 is 0. The van der Waals surface area contributed by atoms with Gasteiger partial charge in [0, 0.05) is 60.0 Å². The maximum atomic E-state index is 2.61. The van der Waals surface area contributed by atoms with E-state index in [4.69, 9.17) is 0 Å². The molecule has 0 atom stereocenters. The van der Waals surface area contributed by atoms with Crippen LogP contribution in [-0.4, -0.2) is 0 Å². The molecule has 2 aliphatic heterocycles. The number of fused-ring (bicyclic) bond motifs is 3. The van der Waals surface area contributed by atoms with Crippen LogP contribution in [0.15, 0.2) is 109 Å². The second-order valence-corrected chi connectivity index (χ2v) is 25.2. The fraction of sp³-hybridized carbons (Fsp3) is 0.224. The molecule has 0 amide bonds. The Morgan fingerprint density at radius 1 is 0.232 bits per heavy atom. The van der Waals surface area contributed by atoms with Crippen LogP contribution >= 0.6 is 0 Å². The zero-order chi connectivity index (χ0) is 46.0. The minimum atomic E-state index is -0.194. The van der Waals surface area contributed by atoms with Crippen molar-refractivity contribution in [1.82, 2.24) is 0 Å². The lowest BCUT2D eigenvalue weighted by molar-refractivity contribution is 0.659. The van der Waals surface area contributed by atoms with Crippen LogP contribution in [0.25, 0.3) is 97.3 Å². The summed E-state index contributed by atoms with van der Waals surface area (Å²) in [5.74, 6) is 0. The van der Waals surface area contributed by atoms with Crippen molar-refractivity contribution in [3.63, 3.8) is 0 Å². The Balaban J connectivity index is 0.774. The average molecular weight is 881 g/mol. The van der Waals surface area contributed by atoms with E-state index in [2.05, 4.69) is 188 Å². The minimum absolute atomic E-state index is 0.0827. The summed E-state index contributed by atoms with van der Waals surface area (Å²) in [7, 11) is 0. The first-order chi connectivity index (χ1) is 33.0. The fourth-order valence-corrected chi connectivity index (χ4v) is 17.1. The summed E-state index contributed by atoms with van der Waals surface area (Å²) in [6.07, 6.45) is 0. The van der Waals surface area contributed by atoms with Gasteiger partial charge in [-0.05, 0) is 180 Å². The van der Waals surface area contributed by atoms with Gasteiger partial charge in [-0.2, -0.15) is 0 Å². The quantitative estimate of drug-likeness (QED) is 0.126. The third kappa shape index (κ3) is 3.24. The molecule has 0 N–H and O–H groups in total. The maximum Gasteiger partial charge on any atom is 0.0565 e. The largest absolute Gasteiger partial charge is 0.309 e. The lowest BCUT2D eigenvalue weighted by atomic mass is 9.77. The molecule has 0 spiro atoms. The van der Waals surface area contributed by atoms with Crippen molar-refractivity contribution in [3.05, 3.63) is 165 Å². The van der Waals surface area contributed by atoms with Crippen molar-refractivity contribution >= 4 is 120 Å². The standard InChI is InChI=1S/C67H48N2/c1-63(2)35-19-11-29-12-20-36-52-49(29)51(35)55-41(63)25-45-59-46(26-42(64(36,3)4)56(52)61(55)59)68(45)31-15-17-33-34-18-16-32(24-40(34)67(9,10)39(33)23-31)69-47-27-43-57-53-37(65(43,5)6)21-13-30-14-22-38-54(50(30)53)58-44(66(38,7)8)28-48(69)60(47)62(57)58/h11-28H,1-10H3. The third-order valence-electron chi connectivity index (χ3n) is 20.6. The Morgan fingerprint density at radius 2 is 0.507 bits per heavy atom. The molecule has 2 nitrogen and oxygen atoms in total. The van der Waals surface area contributed by atoms with Crippen molar-refractivity contribution in [1.29, 1.82) is 0 Å². The topological polar surface area (TPSA) is 6.48 Å². The summed E-state index contributed by atoms with van der Waals surface area (Å²) in [6.45, 7) is 24.6. The highest BCUT2D eigenvalue weighted by Gasteiger charge is 2.49. The Kier molecular flexibility index (Phi) is 5.12. The summed E-state index contributed by atoms with van der Waals surface area (Å²) < 4.78 is 0. The Bertz CT molecular complexity index is 4210. The van der Waals surface area contributed by atoms with Crippen molar-refractivity contribution in [2.45, 2.75) is 96.3 Å². The average Bonchev–Trinajstić information content (AvgIpc) is 3.97. The van der Waals surface area contributed by atoms with E-state index in [0.717, 1.165) is 0 Å². The van der Waals surface area contributed by atoms with Gasteiger partial charge in [0.05, 0.1) is 22.7 Å². The molecule has 19 rings (SSSR count). The van der Waals surface area contributed by atoms with Gasteiger partial charge >= 0.3 is 0 Å². The first-order valence-electron chi connectivity index (χ1n) is 25.5. The lowest BCUT2D eigenvalue weighted by Gasteiger charge is -2.40. The molecule has 0 radical (unpaired) electrons. The molecule has 5 aliphatic carbocycles. The highest BCUT2D eigenvalue weighted by molar-refractivity contribution is 6.44. The van der Waals surface area contributed by atoms with Gasteiger partial charge in [0.25, 0.3) is 0 Å². The van der Waals surface area contributed by atoms with Crippen molar-refractivity contribution < 1.29 is 0 Å². The van der Waals surface area contributed by atoms with Crippen molar-refractivity contribution in [2.24, 2.45) is 0 Å². The molecular formula is C67H48N2. The van der Waals surface area contributed by atoms with Gasteiger partial charge in [0.15, 0.2) is 0 Å². The molecule has 69 heavy (non-hydrogen) atoms. The number of nitrogens with zero attached hydrogens (tertiary/aromatic N) is 2. The first-order valence-corrected chi connectivity index (χ1v) is 25.5. The summed E-state index contributed by atoms with van der Waals surface area (Å²) in [5, 5.41) is 23.7. The highest BCUT2D eigenvalue weighted by Crippen LogP contribution is 2.69. The summed E-state index contributed by atoms with van der Waals surface area (Å²) in [5.41, 5.74) is 24.9. The first kappa shape index (κ1) is 35.9. The SMILES string of the molecule is CC1(C)c2cc(N3c4cc5c6c7c(ccc8ccc9c(c%10c(cc3c4c6%10)C9(C)C)c87)C5(C)C)ccc2-c2ccc(N3c4cc5c6c7c(ccc8ccc9c(c%10c(cc3c4c6%10)C9(C)C)c87)C5(C)C)cc21. The molecular weight excluding hydrogens is 833 g/mol. The predicted octanol–water partition coefficient (Wildman–Crippen LogP) is 18.2. The van der Waals surface area contributed by atoms with E-state index in [1.54, 1.807) is 0 Å². The second kappa shape index (κ2) is 9.83. The smallest absolute Gasteiger partial charge is 0.0565 e. The molecule has 0 bridgehead atoms. The fourth-order valence-electron chi connectivity index (χ4n) is 17.1. The zero-order valence-corrected chi connectivity index (χ0v) is 40.8. The Hall–Kier alpha value is -7.16. The number of hydrogen-bond acceptors (Lipinski definition) is 2. The van der Waals surface area contributed by atoms with Gasteiger partial charge in [-0.15, -0.1) is 0 Å². The molecule has 0 aromatic heterocycles. The Morgan fingerprint density at radius 3 is 0.812 bits per heavy atom. The molecule has 0 fully saturated rings. The van der Waals surface area contributed by atoms with E-state index in [0.29, 0.717) is 0 Å². The maximum absolute atomic E-state index is 2.61. The van der Waals surface area contributed by atoms with Gasteiger partial charge < -0.3 is 9.80 Å². The molecule has 2 heteroatoms. The van der Waals surface area contributed by atoms with Gasteiger partial charge in [0.1, 0.15) is 0 Å². The van der Waals surface area contributed by atoms with Crippen molar-refractivity contribution in [3.8, 4) is 11.1 Å². The van der Waals surface area contributed by atoms with Crippen LogP contribution in [-0.2, 0) is 27.1 Å². The molecule has 12 aromatic rings. The van der Waals surface area contributed by atoms with Gasteiger partial charge in [-0.3, -0.25) is 0 Å². The van der Waals surface area contributed by atoms with Crippen LogP contribution in [0.3, 0.4) is 0 Å². The van der Waals surface area contributed by atoms with E-state index < -0.39 is 0 Å². The molecule has 2 heterocycles. The van der Waals surface area contributed by atoms with Crippen LogP contribution in [0.4, 0.5) is 34.1 Å². The van der Waals surface area contributed by atoms with Crippen LogP contribution in [0, 0.1) is 0 Å². The monoisotopic (exact) mass is 880 g/mol. The van der Waals surface area contributed by atoms with E-state index in [1.807, 2.05) is 0 Å².